The van der Waals surface area contributed by atoms with E-state index in [0.717, 1.165) is 24.6 Å². The molecular weight excluding hydrogens is 332 g/mol. The lowest BCUT2D eigenvalue weighted by Gasteiger charge is -2.08. The molecule has 2 aliphatic rings. The van der Waals surface area contributed by atoms with Gasteiger partial charge in [0.05, 0.1) is 12.3 Å². The summed E-state index contributed by atoms with van der Waals surface area (Å²) in [6.45, 7) is 1.44. The highest BCUT2D eigenvalue weighted by Crippen LogP contribution is 2.27. The van der Waals surface area contributed by atoms with Crippen molar-refractivity contribution >= 4 is 17.7 Å². The van der Waals surface area contributed by atoms with E-state index < -0.39 is 0 Å². The van der Waals surface area contributed by atoms with Gasteiger partial charge < -0.3 is 9.88 Å². The van der Waals surface area contributed by atoms with E-state index in [2.05, 4.69) is 38.3 Å². The Morgan fingerprint density at radius 3 is 2.96 bits per heavy atom. The molecule has 0 radical (unpaired) electrons. The van der Waals surface area contributed by atoms with Gasteiger partial charge in [-0.3, -0.25) is 4.79 Å². The molecule has 4 rings (SSSR count). The summed E-state index contributed by atoms with van der Waals surface area (Å²) < 4.78 is 2.18. The van der Waals surface area contributed by atoms with Gasteiger partial charge in [-0.25, -0.2) is 0 Å². The third-order valence-corrected chi connectivity index (χ3v) is 6.06. The number of hydrogen-bond donors (Lipinski definition) is 1. The van der Waals surface area contributed by atoms with Crippen LogP contribution in [0.4, 0.5) is 0 Å². The van der Waals surface area contributed by atoms with Crippen molar-refractivity contribution in [3.8, 4) is 0 Å². The fraction of sp³-hybridized carbons (Fsp3) is 0.526. The number of nitrogens with one attached hydrogen (secondary N) is 1. The number of carbonyl (C=O) groups is 1. The molecule has 0 saturated carbocycles. The maximum Gasteiger partial charge on any atom is 0.230 e. The molecule has 5 nitrogen and oxygen atoms in total. The number of thioether (sulfide) groups is 1. The van der Waals surface area contributed by atoms with Crippen molar-refractivity contribution in [2.75, 3.05) is 5.75 Å². The van der Waals surface area contributed by atoms with Gasteiger partial charge >= 0.3 is 0 Å². The van der Waals surface area contributed by atoms with Gasteiger partial charge in [0.2, 0.25) is 5.91 Å². The number of aryl methyl sites for hydroxylation is 3. The van der Waals surface area contributed by atoms with Crippen molar-refractivity contribution in [3.05, 3.63) is 41.0 Å². The van der Waals surface area contributed by atoms with E-state index in [-0.39, 0.29) is 5.91 Å². The molecule has 0 unspecified atom stereocenters. The second kappa shape index (κ2) is 7.60. The summed E-state index contributed by atoms with van der Waals surface area (Å²) >= 11 is 1.61. The highest BCUT2D eigenvalue weighted by Gasteiger charge is 2.15. The standard InChI is InChI=1S/C19H24N4OS/c24-19(13-25-16-9-8-14-5-4-6-15(14)11-16)20-12-18-22-21-17-7-2-1-3-10-23(17)18/h8-9,11H,1-7,10,12-13H2,(H,20,24). The molecule has 0 spiro atoms. The maximum atomic E-state index is 12.2. The average molecular weight is 356 g/mol. The average Bonchev–Trinajstić information content (AvgIpc) is 3.18. The van der Waals surface area contributed by atoms with E-state index >= 15 is 0 Å². The second-order valence-corrected chi connectivity index (χ2v) is 7.89. The highest BCUT2D eigenvalue weighted by atomic mass is 32.2. The zero-order valence-electron chi connectivity index (χ0n) is 14.5. The lowest BCUT2D eigenvalue weighted by Crippen LogP contribution is -2.26. The summed E-state index contributed by atoms with van der Waals surface area (Å²) in [7, 11) is 0. The number of fused-ring (bicyclic) bond motifs is 2. The molecule has 1 N–H and O–H groups in total. The molecule has 25 heavy (non-hydrogen) atoms. The molecule has 1 aliphatic heterocycles. The van der Waals surface area contributed by atoms with E-state index in [1.165, 1.54) is 54.5 Å². The van der Waals surface area contributed by atoms with Crippen LogP contribution in [0.3, 0.4) is 0 Å². The molecule has 1 aliphatic carbocycles. The van der Waals surface area contributed by atoms with E-state index in [1.807, 2.05) is 0 Å². The van der Waals surface area contributed by atoms with Crippen molar-refractivity contribution in [1.82, 2.24) is 20.1 Å². The molecule has 2 aromatic rings. The first-order chi connectivity index (χ1) is 12.3. The molecule has 2 heterocycles. The van der Waals surface area contributed by atoms with Crippen LogP contribution >= 0.6 is 11.8 Å². The minimum absolute atomic E-state index is 0.0523. The van der Waals surface area contributed by atoms with Crippen LogP contribution in [0.25, 0.3) is 0 Å². The zero-order valence-corrected chi connectivity index (χ0v) is 15.3. The van der Waals surface area contributed by atoms with Crippen molar-refractivity contribution < 1.29 is 4.79 Å². The lowest BCUT2D eigenvalue weighted by molar-refractivity contribution is -0.118. The first-order valence-electron chi connectivity index (χ1n) is 9.22. The van der Waals surface area contributed by atoms with Crippen LogP contribution < -0.4 is 5.32 Å². The van der Waals surface area contributed by atoms with Gasteiger partial charge in [0.15, 0.2) is 5.82 Å². The number of benzene rings is 1. The van der Waals surface area contributed by atoms with Crippen molar-refractivity contribution in [2.45, 2.75) is 62.9 Å². The number of carbonyl (C=O) groups excluding carboxylic acids is 1. The van der Waals surface area contributed by atoms with Gasteiger partial charge in [0.25, 0.3) is 0 Å². The molecule has 1 aromatic carbocycles. The molecule has 0 bridgehead atoms. The number of nitrogens with zero attached hydrogens (tertiary/aromatic N) is 3. The normalized spacial score (nSPS) is 16.2. The van der Waals surface area contributed by atoms with Crippen molar-refractivity contribution in [2.24, 2.45) is 0 Å². The summed E-state index contributed by atoms with van der Waals surface area (Å²) in [6, 6.07) is 6.60. The van der Waals surface area contributed by atoms with Gasteiger partial charge in [0.1, 0.15) is 5.82 Å². The number of hydrogen-bond acceptors (Lipinski definition) is 4. The highest BCUT2D eigenvalue weighted by molar-refractivity contribution is 8.00. The predicted molar refractivity (Wildman–Crippen MR) is 98.6 cm³/mol. The second-order valence-electron chi connectivity index (χ2n) is 6.84. The third-order valence-electron chi connectivity index (χ3n) is 5.07. The van der Waals surface area contributed by atoms with Crippen molar-refractivity contribution in [3.63, 3.8) is 0 Å². The fourth-order valence-electron chi connectivity index (χ4n) is 3.69. The van der Waals surface area contributed by atoms with Crippen LogP contribution in [0.15, 0.2) is 23.1 Å². The quantitative estimate of drug-likeness (QED) is 0.837. The monoisotopic (exact) mass is 356 g/mol. The van der Waals surface area contributed by atoms with Crippen LogP contribution in [-0.4, -0.2) is 26.4 Å². The summed E-state index contributed by atoms with van der Waals surface area (Å²) in [5.41, 5.74) is 2.93. The Kier molecular flexibility index (Phi) is 5.06. The van der Waals surface area contributed by atoms with E-state index in [4.69, 9.17) is 0 Å². The lowest BCUT2D eigenvalue weighted by atomic mass is 10.1. The van der Waals surface area contributed by atoms with Crippen LogP contribution in [0.2, 0.25) is 0 Å². The van der Waals surface area contributed by atoms with Gasteiger partial charge in [-0.2, -0.15) is 0 Å². The predicted octanol–water partition coefficient (Wildman–Crippen LogP) is 2.90. The molecule has 132 valence electrons. The van der Waals surface area contributed by atoms with Crippen LogP contribution in [0.1, 0.15) is 48.5 Å². The first-order valence-corrected chi connectivity index (χ1v) is 10.2. The number of amides is 1. The summed E-state index contributed by atoms with van der Waals surface area (Å²) in [5.74, 6) is 2.44. The summed E-state index contributed by atoms with van der Waals surface area (Å²) in [4.78, 5) is 13.4. The minimum atomic E-state index is 0.0523. The molecule has 1 amide bonds. The zero-order chi connectivity index (χ0) is 17.1. The van der Waals surface area contributed by atoms with Gasteiger partial charge in [-0.15, -0.1) is 22.0 Å². The Bertz CT molecular complexity index is 771. The largest absolute Gasteiger partial charge is 0.348 e. The van der Waals surface area contributed by atoms with Crippen LogP contribution in [0, 0.1) is 0 Å². The van der Waals surface area contributed by atoms with E-state index in [0.29, 0.717) is 12.3 Å². The summed E-state index contributed by atoms with van der Waals surface area (Å²) in [6.07, 6.45) is 8.22. The van der Waals surface area contributed by atoms with Gasteiger partial charge in [0, 0.05) is 17.9 Å². The maximum absolute atomic E-state index is 12.2. The molecule has 1 aromatic heterocycles. The van der Waals surface area contributed by atoms with E-state index in [1.54, 1.807) is 11.8 Å². The first kappa shape index (κ1) is 16.6. The smallest absolute Gasteiger partial charge is 0.230 e. The third kappa shape index (κ3) is 3.89. The van der Waals surface area contributed by atoms with Gasteiger partial charge in [-0.05, 0) is 55.4 Å². The topological polar surface area (TPSA) is 59.8 Å². The number of rotatable bonds is 5. The fourth-order valence-corrected chi connectivity index (χ4v) is 4.48. The Hall–Kier alpha value is -1.82. The molecule has 6 heteroatoms. The number of aromatic nitrogens is 3. The summed E-state index contributed by atoms with van der Waals surface area (Å²) in [5, 5.41) is 11.5. The van der Waals surface area contributed by atoms with Crippen LogP contribution in [0.5, 0.6) is 0 Å². The van der Waals surface area contributed by atoms with E-state index in [9.17, 15) is 4.79 Å². The minimum Gasteiger partial charge on any atom is -0.348 e. The molecule has 0 fully saturated rings. The molecular formula is C19H24N4OS. The van der Waals surface area contributed by atoms with Crippen molar-refractivity contribution in [1.29, 1.82) is 0 Å². The van der Waals surface area contributed by atoms with Crippen LogP contribution in [-0.2, 0) is 37.1 Å². The Morgan fingerprint density at radius 1 is 1.08 bits per heavy atom. The molecule has 0 atom stereocenters. The Morgan fingerprint density at radius 2 is 2.00 bits per heavy atom. The Balaban J connectivity index is 1.29. The Labute approximate surface area is 152 Å². The molecule has 0 saturated heterocycles. The van der Waals surface area contributed by atoms with Gasteiger partial charge in [-0.1, -0.05) is 12.5 Å². The SMILES string of the molecule is O=C(CSc1ccc2c(c1)CCC2)NCc1nnc2n1CCCCC2.